The summed E-state index contributed by atoms with van der Waals surface area (Å²) in [6.07, 6.45) is 8.12. The summed E-state index contributed by atoms with van der Waals surface area (Å²) >= 11 is 3.70. The van der Waals surface area contributed by atoms with Gasteiger partial charge in [-0.25, -0.2) is 0 Å². The van der Waals surface area contributed by atoms with E-state index in [-0.39, 0.29) is 72.0 Å². The summed E-state index contributed by atoms with van der Waals surface area (Å²) < 4.78 is 9.43. The van der Waals surface area contributed by atoms with E-state index in [9.17, 15) is 10.2 Å². The van der Waals surface area contributed by atoms with Gasteiger partial charge >= 0.3 is 0 Å². The number of thioether (sulfide) groups is 2. The topological polar surface area (TPSA) is 63.8 Å². The number of hydrogen-bond donors (Lipinski definition) is 2. The largest absolute Gasteiger partial charge is 0.673 e. The normalized spacial score (nSPS) is 16.5. The molecule has 2 fully saturated rings. The first-order valence-electron chi connectivity index (χ1n) is 26.0. The Bertz CT molecular complexity index is 2390. The number of phenolic OH excluding ortho intramolecular Hbond substituents is 2. The monoisotopic (exact) mass is 1110 g/mol. The minimum atomic E-state index is -0.430. The van der Waals surface area contributed by atoms with Crippen molar-refractivity contribution in [2.75, 3.05) is 13.2 Å². The van der Waals surface area contributed by atoms with E-state index < -0.39 is 10.8 Å². The van der Waals surface area contributed by atoms with Gasteiger partial charge in [0.15, 0.2) is 0 Å². The molecule has 4 nitrogen and oxygen atoms in total. The molecule has 0 spiro atoms. The van der Waals surface area contributed by atoms with Crippen molar-refractivity contribution in [2.24, 2.45) is 0 Å². The van der Waals surface area contributed by atoms with Crippen LogP contribution in [0.2, 0.25) is 26.2 Å². The second kappa shape index (κ2) is 27.2. The van der Waals surface area contributed by atoms with Crippen molar-refractivity contribution in [2.45, 2.75) is 168 Å². The van der Waals surface area contributed by atoms with E-state index in [0.717, 1.165) is 59.8 Å². The number of hydrogen-bond acceptors (Lipinski definition) is 5. The van der Waals surface area contributed by atoms with Crippen LogP contribution >= 0.6 is 23.5 Å². The fourth-order valence-corrected chi connectivity index (χ4v) is 16.5. The van der Waals surface area contributed by atoms with E-state index >= 15 is 0 Å². The van der Waals surface area contributed by atoms with E-state index in [4.69, 9.17) is 4.74 Å². The Morgan fingerprint density at radius 3 is 1.00 bits per heavy atom. The zero-order valence-corrected chi connectivity index (χ0v) is 52.0. The van der Waals surface area contributed by atoms with Gasteiger partial charge in [-0.2, -0.15) is 0 Å². The Morgan fingerprint density at radius 2 is 0.736 bits per heavy atom. The standard InChI is InChI=1S/C55H62O2S2.C4H12NSi2.C4H8O.Y/c1-52(2,38-24-14-9-15-25-38)42-34-44(54(5,6)40-28-18-11-19-29-40)50(56)48(36-42)58-46-32-22-13-23-33-47(46)59-49-37-43(53(3,4)39-26-16-10-17-27-39)35-45(51(49)57)55(7,8)41-30-20-12-21-31-41;1-6(2)5-7(3)4;1-2-4-5-3-1;/h9-12,14-21,24-31,34-37,46-47,56-57H,13,22-23,32-33H2,1-8H3;1-4H3;1-4H2;/q;-1;;. The van der Waals surface area contributed by atoms with Crippen molar-refractivity contribution >= 4 is 41.4 Å². The molecule has 1 aliphatic heterocycles. The molecule has 8 rings (SSSR count). The Hall–Kier alpha value is -2.92. The van der Waals surface area contributed by atoms with Gasteiger partial charge in [0, 0.05) is 89.2 Å². The Balaban J connectivity index is 0.000000654. The second-order valence-corrected chi connectivity index (χ2v) is 29.2. The van der Waals surface area contributed by atoms with Crippen LogP contribution < -0.4 is 0 Å². The van der Waals surface area contributed by atoms with Crippen LogP contribution in [0.3, 0.4) is 0 Å². The third-order valence-electron chi connectivity index (χ3n) is 14.6. The number of benzene rings is 6. The summed E-state index contributed by atoms with van der Waals surface area (Å²) in [5.41, 5.74) is 7.70. The van der Waals surface area contributed by atoms with Gasteiger partial charge in [-0.3, -0.25) is 0 Å². The molecule has 0 aromatic heterocycles. The summed E-state index contributed by atoms with van der Waals surface area (Å²) in [4.78, 5) is 1.88. The molecule has 2 N–H and O–H groups in total. The maximum atomic E-state index is 12.5. The van der Waals surface area contributed by atoms with Gasteiger partial charge in [-0.05, 0) is 71.2 Å². The van der Waals surface area contributed by atoms with E-state index in [1.54, 1.807) is 0 Å². The molecule has 6 aromatic carbocycles. The molecule has 1 aliphatic carbocycles. The van der Waals surface area contributed by atoms with Gasteiger partial charge in [0.05, 0.1) is 9.79 Å². The predicted molar refractivity (Wildman–Crippen MR) is 311 cm³/mol. The first kappa shape index (κ1) is 59.9. The van der Waals surface area contributed by atoms with Crippen LogP contribution in [-0.4, -0.2) is 51.8 Å². The number of ether oxygens (including phenoxy) is 1. The SMILES string of the molecule is C1CCOC1.CC(C)(c1ccccc1)c1cc(SC2CCCCCC2Sc2cc(C(C)(C)c3ccccc3)cc(C(C)(C)c3ccccc3)c2O)c(O)c(C(C)(C)c2ccccc2)c1.C[Si](C)[N-][Si](C)C.[Y]. The second-order valence-electron chi connectivity index (χ2n) is 22.0. The molecule has 1 saturated carbocycles. The van der Waals surface area contributed by atoms with Crippen molar-refractivity contribution < 1.29 is 47.7 Å². The van der Waals surface area contributed by atoms with Crippen LogP contribution in [0, 0.1) is 0 Å². The average molecular weight is 1110 g/mol. The van der Waals surface area contributed by atoms with Gasteiger partial charge in [0.1, 0.15) is 11.5 Å². The summed E-state index contributed by atoms with van der Waals surface area (Å²) in [5.74, 6) is 0.761. The first-order chi connectivity index (χ1) is 33.7. The average Bonchev–Trinajstić information content (AvgIpc) is 3.88. The maximum Gasteiger partial charge on any atom is 0.133 e. The molecule has 3 radical (unpaired) electrons. The van der Waals surface area contributed by atoms with E-state index in [0.29, 0.717) is 11.5 Å². The van der Waals surface area contributed by atoms with Gasteiger partial charge in [0.25, 0.3) is 0 Å². The Kier molecular flexibility index (Phi) is 22.7. The predicted octanol–water partition coefficient (Wildman–Crippen LogP) is 17.6. The molecular weight excluding hydrogens is 1030 g/mol. The van der Waals surface area contributed by atoms with E-state index in [1.807, 2.05) is 23.5 Å². The molecule has 72 heavy (non-hydrogen) atoms. The fourth-order valence-electron chi connectivity index (χ4n) is 9.93. The van der Waals surface area contributed by atoms with Crippen molar-refractivity contribution in [1.82, 2.24) is 0 Å². The van der Waals surface area contributed by atoms with E-state index in [1.165, 1.54) is 52.6 Å². The van der Waals surface area contributed by atoms with Crippen molar-refractivity contribution in [3.63, 3.8) is 0 Å². The first-order valence-corrected chi connectivity index (χ1v) is 32.6. The third-order valence-corrected chi connectivity index (χ3v) is 21.3. The van der Waals surface area contributed by atoms with Crippen LogP contribution in [-0.2, 0) is 59.1 Å². The minimum Gasteiger partial charge on any atom is -0.673 e. The molecule has 2 aliphatic rings. The molecule has 1 saturated heterocycles. The van der Waals surface area contributed by atoms with Gasteiger partial charge in [-0.1, -0.05) is 252 Å². The van der Waals surface area contributed by atoms with Gasteiger partial charge in [0.2, 0.25) is 0 Å². The molecule has 381 valence electrons. The number of phenols is 2. The van der Waals surface area contributed by atoms with Crippen molar-refractivity contribution in [1.29, 1.82) is 0 Å². The number of rotatable bonds is 14. The molecule has 0 amide bonds. The molecule has 0 bridgehead atoms. The molecule has 6 aromatic rings. The summed E-state index contributed by atoms with van der Waals surface area (Å²) in [5, 5.41) is 25.4. The van der Waals surface area contributed by atoms with Crippen LogP contribution in [0.1, 0.15) is 145 Å². The molecule has 2 unspecified atom stereocenters. The smallest absolute Gasteiger partial charge is 0.133 e. The molecule has 2 atom stereocenters. The zero-order chi connectivity index (χ0) is 51.4. The summed E-state index contributed by atoms with van der Waals surface area (Å²) in [6, 6.07) is 51.7. The van der Waals surface area contributed by atoms with Crippen molar-refractivity contribution in [3.05, 3.63) is 195 Å². The molecular formula is C63H82NO3S2Si2Y-. The van der Waals surface area contributed by atoms with Crippen LogP contribution in [0.4, 0.5) is 0 Å². The summed E-state index contributed by atoms with van der Waals surface area (Å²) in [6.45, 7) is 29.0. The third kappa shape index (κ3) is 15.4. The van der Waals surface area contributed by atoms with Crippen LogP contribution in [0.25, 0.3) is 4.65 Å². The van der Waals surface area contributed by atoms with Gasteiger partial charge < -0.3 is 19.6 Å². The van der Waals surface area contributed by atoms with E-state index in [2.05, 4.69) is 232 Å². The van der Waals surface area contributed by atoms with Crippen molar-refractivity contribution in [3.8, 4) is 11.5 Å². The Labute approximate surface area is 473 Å². The van der Waals surface area contributed by atoms with Gasteiger partial charge in [-0.15, -0.1) is 23.5 Å². The van der Waals surface area contributed by atoms with Crippen LogP contribution in [0.15, 0.2) is 155 Å². The number of nitrogens with zero attached hydrogens (tertiary/aromatic N) is 1. The Morgan fingerprint density at radius 1 is 0.431 bits per heavy atom. The number of aromatic hydroxyl groups is 2. The minimum absolute atomic E-state index is 0. The zero-order valence-electron chi connectivity index (χ0n) is 45.5. The summed E-state index contributed by atoms with van der Waals surface area (Å²) in [7, 11) is -0.528. The molecule has 1 heterocycles. The quantitative estimate of drug-likeness (QED) is 0.0841. The molecule has 9 heteroatoms. The fraction of sp³-hybridized carbons (Fsp3) is 0.429. The van der Waals surface area contributed by atoms with Crippen LogP contribution in [0.5, 0.6) is 11.5 Å². The maximum absolute atomic E-state index is 12.5.